The predicted molar refractivity (Wildman–Crippen MR) is 97.2 cm³/mol. The number of ether oxygens (including phenoxy) is 1. The molecule has 0 unspecified atom stereocenters. The summed E-state index contributed by atoms with van der Waals surface area (Å²) in [5.74, 6) is 2.00. The molecule has 0 aromatic heterocycles. The number of rotatable bonds is 5. The Morgan fingerprint density at radius 3 is 2.57 bits per heavy atom. The summed E-state index contributed by atoms with van der Waals surface area (Å²) in [7, 11) is 1.71. The Hall–Kier alpha value is -1.55. The van der Waals surface area contributed by atoms with Crippen LogP contribution in [0.1, 0.15) is 17.0 Å². The highest BCUT2D eigenvalue weighted by atomic mass is 35.5. The smallest absolute Gasteiger partial charge is 0.119 e. The molecule has 1 fully saturated rings. The van der Waals surface area contributed by atoms with Crippen molar-refractivity contribution in [3.8, 4) is 5.75 Å². The second-order valence-electron chi connectivity index (χ2n) is 6.06. The lowest BCUT2D eigenvalue weighted by molar-refractivity contribution is 0.316. The first-order valence-electron chi connectivity index (χ1n) is 7.90. The van der Waals surface area contributed by atoms with E-state index in [9.17, 15) is 0 Å². The zero-order chi connectivity index (χ0) is 15.4. The fourth-order valence-corrected chi connectivity index (χ4v) is 3.44. The highest BCUT2D eigenvalue weighted by molar-refractivity contribution is 5.85. The highest BCUT2D eigenvalue weighted by Gasteiger charge is 2.32. The molecular formula is C19H25ClN2O. The third kappa shape index (κ3) is 4.25. The van der Waals surface area contributed by atoms with E-state index in [4.69, 9.17) is 10.5 Å². The molecule has 3 rings (SSSR count). The summed E-state index contributed by atoms with van der Waals surface area (Å²) in [6.07, 6.45) is 0. The Labute approximate surface area is 144 Å². The second-order valence-corrected chi connectivity index (χ2v) is 6.06. The van der Waals surface area contributed by atoms with Gasteiger partial charge in [0.25, 0.3) is 0 Å². The average Bonchev–Trinajstić information content (AvgIpc) is 2.98. The van der Waals surface area contributed by atoms with Crippen LogP contribution in [0.15, 0.2) is 54.6 Å². The minimum Gasteiger partial charge on any atom is -0.497 e. The summed E-state index contributed by atoms with van der Waals surface area (Å²) in [6.45, 7) is 3.83. The number of methoxy groups -OCH3 is 1. The lowest BCUT2D eigenvalue weighted by Gasteiger charge is -2.17. The van der Waals surface area contributed by atoms with E-state index in [1.807, 2.05) is 6.07 Å². The van der Waals surface area contributed by atoms with Gasteiger partial charge < -0.3 is 10.5 Å². The Morgan fingerprint density at radius 1 is 1.09 bits per heavy atom. The van der Waals surface area contributed by atoms with Crippen molar-refractivity contribution in [1.29, 1.82) is 0 Å². The van der Waals surface area contributed by atoms with Crippen molar-refractivity contribution >= 4 is 12.4 Å². The largest absolute Gasteiger partial charge is 0.497 e. The predicted octanol–water partition coefficient (Wildman–Crippen LogP) is 3.29. The van der Waals surface area contributed by atoms with Crippen LogP contribution in [0, 0.1) is 5.92 Å². The highest BCUT2D eigenvalue weighted by Crippen LogP contribution is 2.33. The normalized spacial score (nSPS) is 21.0. The van der Waals surface area contributed by atoms with Gasteiger partial charge in [-0.05, 0) is 35.7 Å². The first kappa shape index (κ1) is 17.8. The summed E-state index contributed by atoms with van der Waals surface area (Å²) in [4.78, 5) is 2.50. The van der Waals surface area contributed by atoms with Crippen LogP contribution >= 0.6 is 12.4 Å². The van der Waals surface area contributed by atoms with Crippen molar-refractivity contribution < 1.29 is 4.74 Å². The van der Waals surface area contributed by atoms with Gasteiger partial charge in [0, 0.05) is 25.6 Å². The number of hydrogen-bond acceptors (Lipinski definition) is 3. The number of hydrogen-bond donors (Lipinski definition) is 1. The maximum absolute atomic E-state index is 6.02. The van der Waals surface area contributed by atoms with Crippen molar-refractivity contribution in [2.45, 2.75) is 12.5 Å². The molecule has 124 valence electrons. The molecule has 0 radical (unpaired) electrons. The molecule has 1 heterocycles. The number of likely N-dealkylation sites (tertiary alicyclic amines) is 1. The summed E-state index contributed by atoms with van der Waals surface area (Å²) >= 11 is 0. The molecule has 23 heavy (non-hydrogen) atoms. The van der Waals surface area contributed by atoms with Crippen molar-refractivity contribution in [1.82, 2.24) is 4.90 Å². The number of benzene rings is 2. The summed E-state index contributed by atoms with van der Waals surface area (Å²) in [6, 6.07) is 19.1. The van der Waals surface area contributed by atoms with Crippen LogP contribution in [0.25, 0.3) is 0 Å². The van der Waals surface area contributed by atoms with Crippen LogP contribution in [0.2, 0.25) is 0 Å². The van der Waals surface area contributed by atoms with Crippen molar-refractivity contribution in [2.24, 2.45) is 11.7 Å². The third-order valence-electron chi connectivity index (χ3n) is 4.59. The standard InChI is InChI=1S/C19H24N2O.ClH/c1-22-18-9-5-6-15(10-18)12-21-13-17(11-20)19(14-21)16-7-3-2-4-8-16;/h2-10,17,19H,11-14,20H2,1H3;1H/t17-,19+;/m1./s1. The zero-order valence-electron chi connectivity index (χ0n) is 13.5. The van der Waals surface area contributed by atoms with Gasteiger partial charge in [0.05, 0.1) is 7.11 Å². The molecule has 0 amide bonds. The SMILES string of the molecule is COc1cccc(CN2C[C@@H](CN)[C@H](c3ccccc3)C2)c1.Cl. The van der Waals surface area contributed by atoms with Crippen molar-refractivity contribution in [3.63, 3.8) is 0 Å². The summed E-state index contributed by atoms with van der Waals surface area (Å²) in [5, 5.41) is 0. The second kappa shape index (κ2) is 8.34. The summed E-state index contributed by atoms with van der Waals surface area (Å²) < 4.78 is 5.31. The maximum Gasteiger partial charge on any atom is 0.119 e. The fourth-order valence-electron chi connectivity index (χ4n) is 3.44. The first-order valence-corrected chi connectivity index (χ1v) is 7.90. The van der Waals surface area contributed by atoms with Gasteiger partial charge in [-0.15, -0.1) is 12.4 Å². The van der Waals surface area contributed by atoms with Gasteiger partial charge in [-0.3, -0.25) is 4.90 Å². The van der Waals surface area contributed by atoms with E-state index in [1.165, 1.54) is 11.1 Å². The van der Waals surface area contributed by atoms with E-state index in [2.05, 4.69) is 53.4 Å². The Morgan fingerprint density at radius 2 is 1.87 bits per heavy atom. The molecule has 1 aliphatic rings. The van der Waals surface area contributed by atoms with Gasteiger partial charge in [-0.2, -0.15) is 0 Å². The molecule has 4 heteroatoms. The zero-order valence-corrected chi connectivity index (χ0v) is 14.3. The topological polar surface area (TPSA) is 38.5 Å². The van der Waals surface area contributed by atoms with Gasteiger partial charge in [0.1, 0.15) is 5.75 Å². The monoisotopic (exact) mass is 332 g/mol. The van der Waals surface area contributed by atoms with Crippen LogP contribution in [-0.4, -0.2) is 31.6 Å². The van der Waals surface area contributed by atoms with Gasteiger partial charge in [-0.1, -0.05) is 42.5 Å². The minimum absolute atomic E-state index is 0. The molecule has 2 atom stereocenters. The number of halogens is 1. The molecule has 1 aliphatic heterocycles. The molecular weight excluding hydrogens is 308 g/mol. The third-order valence-corrected chi connectivity index (χ3v) is 4.59. The molecule has 0 bridgehead atoms. The molecule has 2 N–H and O–H groups in total. The van der Waals surface area contributed by atoms with Crippen LogP contribution in [-0.2, 0) is 6.54 Å². The molecule has 0 saturated carbocycles. The van der Waals surface area contributed by atoms with Crippen LogP contribution in [0.5, 0.6) is 5.75 Å². The van der Waals surface area contributed by atoms with E-state index in [-0.39, 0.29) is 12.4 Å². The van der Waals surface area contributed by atoms with Crippen molar-refractivity contribution in [3.05, 3.63) is 65.7 Å². The molecule has 1 saturated heterocycles. The Bertz CT molecular complexity index is 605. The lowest BCUT2D eigenvalue weighted by atomic mass is 9.89. The molecule has 3 nitrogen and oxygen atoms in total. The van der Waals surface area contributed by atoms with Crippen LogP contribution < -0.4 is 10.5 Å². The van der Waals surface area contributed by atoms with E-state index in [0.29, 0.717) is 11.8 Å². The van der Waals surface area contributed by atoms with Gasteiger partial charge in [0.15, 0.2) is 0 Å². The Balaban J connectivity index is 0.00000192. The van der Waals surface area contributed by atoms with Gasteiger partial charge in [-0.25, -0.2) is 0 Å². The Kier molecular flexibility index (Phi) is 6.46. The maximum atomic E-state index is 6.02. The van der Waals surface area contributed by atoms with Gasteiger partial charge >= 0.3 is 0 Å². The molecule has 2 aromatic carbocycles. The quantitative estimate of drug-likeness (QED) is 0.913. The minimum atomic E-state index is 0. The lowest BCUT2D eigenvalue weighted by Crippen LogP contribution is -2.23. The molecule has 2 aromatic rings. The first-order chi connectivity index (χ1) is 10.8. The molecule has 0 spiro atoms. The van der Waals surface area contributed by atoms with E-state index < -0.39 is 0 Å². The van der Waals surface area contributed by atoms with Crippen LogP contribution in [0.4, 0.5) is 0 Å². The van der Waals surface area contributed by atoms with Crippen molar-refractivity contribution in [2.75, 3.05) is 26.7 Å². The van der Waals surface area contributed by atoms with Gasteiger partial charge in [0.2, 0.25) is 0 Å². The van der Waals surface area contributed by atoms with E-state index >= 15 is 0 Å². The molecule has 0 aliphatic carbocycles. The number of nitrogens with two attached hydrogens (primary N) is 1. The van der Waals surface area contributed by atoms with Crippen LogP contribution in [0.3, 0.4) is 0 Å². The van der Waals surface area contributed by atoms with E-state index in [1.54, 1.807) is 7.11 Å². The fraction of sp³-hybridized carbons (Fsp3) is 0.368. The van der Waals surface area contributed by atoms with E-state index in [0.717, 1.165) is 31.9 Å². The average molecular weight is 333 g/mol. The number of nitrogens with zero attached hydrogens (tertiary/aromatic N) is 1. The summed E-state index contributed by atoms with van der Waals surface area (Å²) in [5.41, 5.74) is 8.72.